The smallest absolute Gasteiger partial charge is 0.137 e. The largest absolute Gasteiger partial charge is 0.491 e. The zero-order valence-electron chi connectivity index (χ0n) is 11.4. The molecule has 0 radical (unpaired) electrons. The minimum Gasteiger partial charge on any atom is -0.491 e. The molecule has 1 N–H and O–H groups in total. The standard InChI is InChI=1S/C16H19ClN2O/c17-13-5-1-2-8-16(13)20-12-11-19-10-4-7-15(19)14-6-3-9-18-14/h1-3,5-6,8-9,15,18H,4,7,10-12H2. The highest BCUT2D eigenvalue weighted by molar-refractivity contribution is 6.32. The van der Waals surface area contributed by atoms with Crippen molar-refractivity contribution in [1.29, 1.82) is 0 Å². The summed E-state index contributed by atoms with van der Waals surface area (Å²) in [4.78, 5) is 5.80. The summed E-state index contributed by atoms with van der Waals surface area (Å²) in [5.41, 5.74) is 1.31. The number of likely N-dealkylation sites (tertiary alicyclic amines) is 1. The summed E-state index contributed by atoms with van der Waals surface area (Å²) in [6, 6.07) is 12.4. The molecule has 1 aromatic carbocycles. The van der Waals surface area contributed by atoms with Gasteiger partial charge in [-0.25, -0.2) is 0 Å². The average Bonchev–Trinajstić information content (AvgIpc) is 3.11. The Morgan fingerprint density at radius 2 is 2.15 bits per heavy atom. The molecule has 3 rings (SSSR count). The molecule has 0 spiro atoms. The highest BCUT2D eigenvalue weighted by Crippen LogP contribution is 2.30. The van der Waals surface area contributed by atoms with Crippen molar-refractivity contribution >= 4 is 11.6 Å². The third kappa shape index (κ3) is 3.00. The number of nitrogens with zero attached hydrogens (tertiary/aromatic N) is 1. The van der Waals surface area contributed by atoms with E-state index in [4.69, 9.17) is 16.3 Å². The van der Waals surface area contributed by atoms with E-state index in [1.807, 2.05) is 30.5 Å². The first-order valence-electron chi connectivity index (χ1n) is 7.09. The van der Waals surface area contributed by atoms with Crippen molar-refractivity contribution in [2.75, 3.05) is 19.7 Å². The van der Waals surface area contributed by atoms with E-state index in [1.54, 1.807) is 0 Å². The number of benzene rings is 1. The first-order chi connectivity index (χ1) is 9.84. The van der Waals surface area contributed by atoms with Crippen LogP contribution in [-0.4, -0.2) is 29.6 Å². The van der Waals surface area contributed by atoms with E-state index < -0.39 is 0 Å². The third-order valence-corrected chi connectivity index (χ3v) is 4.13. The summed E-state index contributed by atoms with van der Waals surface area (Å²) in [7, 11) is 0. The van der Waals surface area contributed by atoms with Crippen LogP contribution in [0.2, 0.25) is 5.02 Å². The molecular weight excluding hydrogens is 272 g/mol. The maximum atomic E-state index is 6.09. The van der Waals surface area contributed by atoms with Crippen LogP contribution in [0.4, 0.5) is 0 Å². The van der Waals surface area contributed by atoms with E-state index in [0.29, 0.717) is 17.7 Å². The number of H-pyrrole nitrogens is 1. The quantitative estimate of drug-likeness (QED) is 0.905. The fourth-order valence-corrected chi connectivity index (χ4v) is 3.02. The van der Waals surface area contributed by atoms with Crippen LogP contribution in [-0.2, 0) is 0 Å². The summed E-state index contributed by atoms with van der Waals surface area (Å²) >= 11 is 6.09. The van der Waals surface area contributed by atoms with Gasteiger partial charge in [0.1, 0.15) is 12.4 Å². The van der Waals surface area contributed by atoms with Gasteiger partial charge in [0.05, 0.1) is 5.02 Å². The number of hydrogen-bond acceptors (Lipinski definition) is 2. The third-order valence-electron chi connectivity index (χ3n) is 3.82. The fourth-order valence-electron chi connectivity index (χ4n) is 2.83. The van der Waals surface area contributed by atoms with Crippen LogP contribution >= 0.6 is 11.6 Å². The first-order valence-corrected chi connectivity index (χ1v) is 7.47. The maximum absolute atomic E-state index is 6.09. The van der Waals surface area contributed by atoms with Gasteiger partial charge in [-0.05, 0) is 43.7 Å². The van der Waals surface area contributed by atoms with Crippen molar-refractivity contribution in [2.45, 2.75) is 18.9 Å². The molecule has 1 atom stereocenters. The molecule has 1 fully saturated rings. The number of hydrogen-bond donors (Lipinski definition) is 1. The number of aromatic amines is 1. The molecule has 3 nitrogen and oxygen atoms in total. The second-order valence-electron chi connectivity index (χ2n) is 5.10. The van der Waals surface area contributed by atoms with Crippen LogP contribution in [0.15, 0.2) is 42.6 Å². The molecule has 1 aromatic heterocycles. The van der Waals surface area contributed by atoms with E-state index in [1.165, 1.54) is 18.5 Å². The second kappa shape index (κ2) is 6.33. The molecule has 0 amide bonds. The van der Waals surface area contributed by atoms with E-state index in [-0.39, 0.29) is 0 Å². The van der Waals surface area contributed by atoms with Gasteiger partial charge in [0, 0.05) is 24.5 Å². The Morgan fingerprint density at radius 1 is 1.25 bits per heavy atom. The fraction of sp³-hybridized carbons (Fsp3) is 0.375. The molecule has 0 bridgehead atoms. The lowest BCUT2D eigenvalue weighted by Crippen LogP contribution is -2.28. The van der Waals surface area contributed by atoms with Gasteiger partial charge in [0.2, 0.25) is 0 Å². The van der Waals surface area contributed by atoms with Gasteiger partial charge >= 0.3 is 0 Å². The highest BCUT2D eigenvalue weighted by Gasteiger charge is 2.26. The summed E-state index contributed by atoms with van der Waals surface area (Å²) < 4.78 is 5.78. The normalized spacial score (nSPS) is 19.4. The lowest BCUT2D eigenvalue weighted by atomic mass is 10.1. The van der Waals surface area contributed by atoms with Gasteiger partial charge in [-0.15, -0.1) is 0 Å². The zero-order valence-corrected chi connectivity index (χ0v) is 12.1. The Labute approximate surface area is 124 Å². The summed E-state index contributed by atoms with van der Waals surface area (Å²) in [6.45, 7) is 2.73. The van der Waals surface area contributed by atoms with Crippen LogP contribution in [0.1, 0.15) is 24.6 Å². The van der Waals surface area contributed by atoms with Crippen LogP contribution in [0, 0.1) is 0 Å². The Morgan fingerprint density at radius 3 is 2.95 bits per heavy atom. The monoisotopic (exact) mass is 290 g/mol. The molecule has 2 heterocycles. The lowest BCUT2D eigenvalue weighted by molar-refractivity contribution is 0.196. The van der Waals surface area contributed by atoms with E-state index in [9.17, 15) is 0 Å². The molecule has 2 aromatic rings. The van der Waals surface area contributed by atoms with Crippen LogP contribution < -0.4 is 4.74 Å². The van der Waals surface area contributed by atoms with Gasteiger partial charge in [-0.1, -0.05) is 23.7 Å². The number of ether oxygens (including phenoxy) is 1. The van der Waals surface area contributed by atoms with E-state index >= 15 is 0 Å². The summed E-state index contributed by atoms with van der Waals surface area (Å²) in [5.74, 6) is 0.768. The van der Waals surface area contributed by atoms with Crippen LogP contribution in [0.3, 0.4) is 0 Å². The van der Waals surface area contributed by atoms with Gasteiger partial charge in [0.25, 0.3) is 0 Å². The SMILES string of the molecule is Clc1ccccc1OCCN1CCCC1c1ccc[nH]1. The van der Waals surface area contributed by atoms with Gasteiger partial charge in [0.15, 0.2) is 0 Å². The maximum Gasteiger partial charge on any atom is 0.137 e. The molecular formula is C16H19ClN2O. The predicted octanol–water partition coefficient (Wildman–Crippen LogP) is 3.88. The molecule has 0 aliphatic carbocycles. The Balaban J connectivity index is 1.54. The number of aromatic nitrogens is 1. The van der Waals surface area contributed by atoms with Gasteiger partial charge < -0.3 is 9.72 Å². The van der Waals surface area contributed by atoms with Crippen LogP contribution in [0.5, 0.6) is 5.75 Å². The lowest BCUT2D eigenvalue weighted by Gasteiger charge is -2.23. The van der Waals surface area contributed by atoms with Crippen molar-refractivity contribution in [3.05, 3.63) is 53.3 Å². The first kappa shape index (κ1) is 13.5. The topological polar surface area (TPSA) is 28.3 Å². The average molecular weight is 291 g/mol. The number of para-hydroxylation sites is 1. The predicted molar refractivity (Wildman–Crippen MR) is 81.3 cm³/mol. The van der Waals surface area contributed by atoms with E-state index in [0.717, 1.165) is 18.8 Å². The van der Waals surface area contributed by atoms with Crippen LogP contribution in [0.25, 0.3) is 0 Å². The highest BCUT2D eigenvalue weighted by atomic mass is 35.5. The minimum absolute atomic E-state index is 0.500. The Hall–Kier alpha value is -1.45. The molecule has 106 valence electrons. The molecule has 0 saturated carbocycles. The Kier molecular flexibility index (Phi) is 4.28. The van der Waals surface area contributed by atoms with Gasteiger partial charge in [-0.3, -0.25) is 4.90 Å². The minimum atomic E-state index is 0.500. The molecule has 20 heavy (non-hydrogen) atoms. The molecule has 1 aliphatic heterocycles. The van der Waals surface area contributed by atoms with Crippen molar-refractivity contribution in [3.63, 3.8) is 0 Å². The summed E-state index contributed by atoms with van der Waals surface area (Å²) in [6.07, 6.45) is 4.45. The zero-order chi connectivity index (χ0) is 13.8. The number of rotatable bonds is 5. The van der Waals surface area contributed by atoms with Crippen molar-refractivity contribution in [1.82, 2.24) is 9.88 Å². The number of halogens is 1. The van der Waals surface area contributed by atoms with E-state index in [2.05, 4.69) is 22.0 Å². The Bertz CT molecular complexity index is 541. The van der Waals surface area contributed by atoms with Gasteiger partial charge in [-0.2, -0.15) is 0 Å². The van der Waals surface area contributed by atoms with Crippen molar-refractivity contribution in [3.8, 4) is 5.75 Å². The van der Waals surface area contributed by atoms with Crippen molar-refractivity contribution < 1.29 is 4.74 Å². The molecule has 1 unspecified atom stereocenters. The molecule has 4 heteroatoms. The number of nitrogens with one attached hydrogen (secondary N) is 1. The second-order valence-corrected chi connectivity index (χ2v) is 5.51. The molecule has 1 saturated heterocycles. The molecule has 1 aliphatic rings. The van der Waals surface area contributed by atoms with Crippen molar-refractivity contribution in [2.24, 2.45) is 0 Å². The summed E-state index contributed by atoms with van der Waals surface area (Å²) in [5, 5.41) is 0.676.